The summed E-state index contributed by atoms with van der Waals surface area (Å²) in [6.07, 6.45) is 6.95. The van der Waals surface area contributed by atoms with Gasteiger partial charge in [-0.05, 0) is 64.2 Å². The number of hydrogen-bond donors (Lipinski definition) is 13. The van der Waals surface area contributed by atoms with Gasteiger partial charge in [-0.3, -0.25) is 48.3 Å². The molecule has 0 aromatic heterocycles. The number of nitrogens with zero attached hydrogens (tertiary/aromatic N) is 3. The number of thioether (sulfide) groups is 2. The average molecular weight is 1100 g/mol. The van der Waals surface area contributed by atoms with Gasteiger partial charge in [-0.2, -0.15) is 23.5 Å². The number of amides is 8. The van der Waals surface area contributed by atoms with Crippen molar-refractivity contribution in [2.75, 3.05) is 83.5 Å². The zero-order valence-electron chi connectivity index (χ0n) is 42.1. The first kappa shape index (κ1) is 61.9. The van der Waals surface area contributed by atoms with Crippen molar-refractivity contribution in [3.63, 3.8) is 0 Å². The van der Waals surface area contributed by atoms with Crippen LogP contribution in [0.1, 0.15) is 89.9 Å². The number of nitrogens with one attached hydrogen (secondary N) is 8. The summed E-state index contributed by atoms with van der Waals surface area (Å²) >= 11 is 3.61. The molecule has 4 aliphatic heterocycles. The van der Waals surface area contributed by atoms with Gasteiger partial charge < -0.3 is 68.1 Å². The van der Waals surface area contributed by atoms with Crippen LogP contribution in [0.2, 0.25) is 0 Å². The number of urea groups is 2. The molecular weight excluding hydrogens is 1030 g/mol. The van der Waals surface area contributed by atoms with Gasteiger partial charge in [0.25, 0.3) is 0 Å². The van der Waals surface area contributed by atoms with E-state index in [2.05, 4.69) is 42.5 Å². The molecule has 0 aromatic carbocycles. The van der Waals surface area contributed by atoms with Crippen LogP contribution in [0, 0.1) is 0 Å². The molecule has 0 aliphatic carbocycles. The molecule has 4 fully saturated rings. The highest BCUT2D eigenvalue weighted by molar-refractivity contribution is 8.00. The van der Waals surface area contributed by atoms with Crippen LogP contribution in [0.25, 0.3) is 0 Å². The Balaban J connectivity index is 1.12. The number of fused-ring (bicyclic) bond motifs is 2. The zero-order chi connectivity index (χ0) is 54.9. The molecule has 8 amide bonds. The number of carbonyl (C=O) groups excluding carboxylic acids is 6. The number of carbonyl (C=O) groups is 11. The van der Waals surface area contributed by atoms with Crippen LogP contribution in [0.4, 0.5) is 9.59 Å². The highest BCUT2D eigenvalue weighted by atomic mass is 32.2. The van der Waals surface area contributed by atoms with Crippen molar-refractivity contribution >= 4 is 89.1 Å². The first-order valence-electron chi connectivity index (χ1n) is 25.5. The van der Waals surface area contributed by atoms with E-state index in [4.69, 9.17) is 0 Å². The van der Waals surface area contributed by atoms with Crippen molar-refractivity contribution in [2.45, 2.75) is 137 Å². The van der Waals surface area contributed by atoms with Crippen LogP contribution in [-0.2, 0) is 43.2 Å². The topological polar surface area (TPSA) is 395 Å². The molecule has 0 radical (unpaired) electrons. The van der Waals surface area contributed by atoms with Gasteiger partial charge in [-0.15, -0.1) is 0 Å². The Labute approximate surface area is 443 Å². The molecule has 29 heteroatoms. The van der Waals surface area contributed by atoms with Crippen LogP contribution in [0.3, 0.4) is 0 Å². The van der Waals surface area contributed by atoms with E-state index < -0.39 is 86.5 Å². The second-order valence-corrected chi connectivity index (χ2v) is 21.8. The lowest BCUT2D eigenvalue weighted by atomic mass is 10.0. The number of hydrogen-bond acceptors (Lipinski definition) is 16. The maximum atomic E-state index is 13.0. The van der Waals surface area contributed by atoms with E-state index in [0.717, 1.165) is 37.2 Å². The quantitative estimate of drug-likeness (QED) is 0.0240. The summed E-state index contributed by atoms with van der Waals surface area (Å²) < 4.78 is 0. The van der Waals surface area contributed by atoms with Gasteiger partial charge in [-0.1, -0.05) is 12.8 Å². The third kappa shape index (κ3) is 23.8. The van der Waals surface area contributed by atoms with Crippen molar-refractivity contribution in [3.8, 4) is 0 Å². The Morgan fingerprint density at radius 3 is 1.23 bits per heavy atom. The van der Waals surface area contributed by atoms with Gasteiger partial charge in [0, 0.05) is 74.1 Å². The second-order valence-electron chi connectivity index (χ2n) is 19.2. The summed E-state index contributed by atoms with van der Waals surface area (Å²) in [5.74, 6) is -6.76. The number of aliphatic carboxylic acids is 5. The SMILES string of the molecule is O=C(O)CN(CCN(CC(=O)O)CC(=O)N[C@@H](CCCCNC(=O)CCCC[C@@H]1SC[C@@H]2NC(=O)N[C@@H]21)C(=O)O)CCN(CC(=O)O)CC(=O)N[C@@H](CCCCNC(=O)CCCC[C@@H]1SC[C@@H]2NC(=O)N[C@@H]21)C(=O)O. The Morgan fingerprint density at radius 1 is 0.480 bits per heavy atom. The van der Waals surface area contributed by atoms with Gasteiger partial charge >= 0.3 is 41.9 Å². The minimum atomic E-state index is -1.33. The standard InChI is InChI=1S/C46H75N11O16S2/c58-34(13-3-1-11-32-41-30(26-74-32)51-45(72)53-41)47-15-7-5-9-28(43(68)69)49-36(60)21-56(24-39(64)65)19-17-55(23-38(62)63)18-20-57(25-40(66)67)22-37(61)50-29(44(70)71)10-6-8-16-48-35(59)14-4-2-12-33-42-31(27-75-33)52-46(73)54-42/h28-33,41-42H,1-27H2,(H,47,58)(H,48,59)(H,49,60)(H,50,61)(H,62,63)(H,64,65)(H,66,67)(H,68,69)(H,70,71)(H2,51,53,72)(H2,52,54,73)/t28-,29-,30-,31-,32-,33-,41-,42-/m0/s1. The first-order valence-corrected chi connectivity index (χ1v) is 27.6. The Morgan fingerprint density at radius 2 is 0.853 bits per heavy atom. The molecule has 0 aromatic rings. The van der Waals surface area contributed by atoms with Crippen LogP contribution in [-0.4, -0.2) is 236 Å². The Bertz CT molecular complexity index is 1860. The molecule has 4 aliphatic rings. The summed E-state index contributed by atoms with van der Waals surface area (Å²) in [4.78, 5) is 137. The Kier molecular flexibility index (Phi) is 27.0. The van der Waals surface area contributed by atoms with Gasteiger partial charge in [0.05, 0.1) is 56.9 Å². The molecule has 13 N–H and O–H groups in total. The third-order valence-corrected chi connectivity index (χ3v) is 16.2. The summed E-state index contributed by atoms with van der Waals surface area (Å²) in [5.41, 5.74) is 0. The number of unbranched alkanes of at least 4 members (excludes halogenated alkanes) is 4. The predicted molar refractivity (Wildman–Crippen MR) is 273 cm³/mol. The highest BCUT2D eigenvalue weighted by Gasteiger charge is 2.43. The fourth-order valence-electron chi connectivity index (χ4n) is 9.37. The molecule has 0 bridgehead atoms. The Hall–Kier alpha value is -5.65. The van der Waals surface area contributed by atoms with E-state index in [9.17, 15) is 78.3 Å². The van der Waals surface area contributed by atoms with E-state index in [1.165, 1.54) is 14.7 Å². The van der Waals surface area contributed by atoms with Crippen molar-refractivity contribution in [3.05, 3.63) is 0 Å². The summed E-state index contributed by atoms with van der Waals surface area (Å²) in [6, 6.07) is -2.46. The summed E-state index contributed by atoms with van der Waals surface area (Å²) in [6.45, 7) is -3.14. The summed E-state index contributed by atoms with van der Waals surface area (Å²) in [7, 11) is 0. The van der Waals surface area contributed by atoms with Crippen molar-refractivity contribution < 1.29 is 78.3 Å². The lowest BCUT2D eigenvalue weighted by molar-refractivity contribution is -0.143. The van der Waals surface area contributed by atoms with E-state index in [1.54, 1.807) is 23.5 Å². The van der Waals surface area contributed by atoms with E-state index >= 15 is 0 Å². The molecule has 422 valence electrons. The fraction of sp³-hybridized carbons (Fsp3) is 0.761. The highest BCUT2D eigenvalue weighted by Crippen LogP contribution is 2.34. The molecule has 4 saturated heterocycles. The number of carboxylic acids is 5. The lowest BCUT2D eigenvalue weighted by Gasteiger charge is -2.28. The van der Waals surface area contributed by atoms with E-state index in [-0.39, 0.29) is 87.1 Å². The van der Waals surface area contributed by atoms with E-state index in [1.807, 2.05) is 0 Å². The number of rotatable bonds is 40. The van der Waals surface area contributed by atoms with Crippen LogP contribution < -0.4 is 42.5 Å². The largest absolute Gasteiger partial charge is 0.480 e. The maximum Gasteiger partial charge on any atom is 0.326 e. The van der Waals surface area contributed by atoms with E-state index in [0.29, 0.717) is 75.0 Å². The molecular formula is C46H75N11O16S2. The molecule has 8 atom stereocenters. The maximum absolute atomic E-state index is 13.0. The summed E-state index contributed by atoms with van der Waals surface area (Å²) in [5, 5.41) is 71.0. The van der Waals surface area contributed by atoms with Crippen LogP contribution in [0.15, 0.2) is 0 Å². The lowest BCUT2D eigenvalue weighted by Crippen LogP contribution is -2.50. The minimum absolute atomic E-state index is 0.0174. The monoisotopic (exact) mass is 1100 g/mol. The molecule has 0 spiro atoms. The third-order valence-electron chi connectivity index (χ3n) is 13.2. The molecule has 0 unspecified atom stereocenters. The minimum Gasteiger partial charge on any atom is -0.480 e. The number of carboxylic acid groups (broad SMARTS) is 5. The molecule has 75 heavy (non-hydrogen) atoms. The molecule has 27 nitrogen and oxygen atoms in total. The van der Waals surface area contributed by atoms with Crippen molar-refractivity contribution in [1.29, 1.82) is 0 Å². The molecule has 4 heterocycles. The normalized spacial score (nSPS) is 21.3. The van der Waals surface area contributed by atoms with Gasteiger partial charge in [0.2, 0.25) is 23.6 Å². The van der Waals surface area contributed by atoms with Crippen molar-refractivity contribution in [2.24, 2.45) is 0 Å². The fourth-order valence-corrected chi connectivity index (χ4v) is 12.5. The van der Waals surface area contributed by atoms with Gasteiger partial charge in [0.1, 0.15) is 12.1 Å². The zero-order valence-corrected chi connectivity index (χ0v) is 43.7. The smallest absolute Gasteiger partial charge is 0.326 e. The molecule has 4 rings (SSSR count). The van der Waals surface area contributed by atoms with Crippen LogP contribution in [0.5, 0.6) is 0 Å². The van der Waals surface area contributed by atoms with Gasteiger partial charge in [-0.25, -0.2) is 19.2 Å². The second kappa shape index (κ2) is 32.7. The average Bonchev–Trinajstić information content (AvgIpc) is 4.10. The van der Waals surface area contributed by atoms with Crippen molar-refractivity contribution in [1.82, 2.24) is 57.2 Å². The van der Waals surface area contributed by atoms with Crippen LogP contribution >= 0.6 is 23.5 Å². The first-order chi connectivity index (χ1) is 35.8. The molecule has 0 saturated carbocycles. The van der Waals surface area contributed by atoms with Gasteiger partial charge in [0.15, 0.2) is 0 Å². The predicted octanol–water partition coefficient (Wildman–Crippen LogP) is -1.69.